The lowest BCUT2D eigenvalue weighted by Gasteiger charge is -2.11. The van der Waals surface area contributed by atoms with Crippen LogP contribution in [0.1, 0.15) is 10.8 Å². The van der Waals surface area contributed by atoms with Crippen LogP contribution in [0.2, 0.25) is 0 Å². The topological polar surface area (TPSA) is 0 Å². The van der Waals surface area contributed by atoms with Gasteiger partial charge in [-0.2, -0.15) is 0 Å². The van der Waals surface area contributed by atoms with Crippen LogP contribution in [0.5, 0.6) is 0 Å². The first kappa shape index (κ1) is 7.90. The van der Waals surface area contributed by atoms with Gasteiger partial charge in [0, 0.05) is 15.7 Å². The molecular formula is C10H8S2. The Labute approximate surface area is 81.2 Å². The minimum Gasteiger partial charge on any atom is -0.148 e. The van der Waals surface area contributed by atoms with E-state index in [4.69, 9.17) is 12.2 Å². The van der Waals surface area contributed by atoms with Crippen LogP contribution in [0.15, 0.2) is 41.8 Å². The third kappa shape index (κ3) is 1.40. The van der Waals surface area contributed by atoms with Crippen molar-refractivity contribution in [3.63, 3.8) is 0 Å². The highest BCUT2D eigenvalue weighted by atomic mass is 32.1. The maximum absolute atomic E-state index is 5.24. The number of hydrogen-bond acceptors (Lipinski definition) is 2. The van der Waals surface area contributed by atoms with Gasteiger partial charge in [-0.05, 0) is 17.5 Å². The Kier molecular flexibility index (Phi) is 2.19. The number of rotatable bonds is 1. The summed E-state index contributed by atoms with van der Waals surface area (Å²) in [7, 11) is 0. The molecule has 0 saturated carbocycles. The number of hydrogen-bond donors (Lipinski definition) is 0. The fourth-order valence-corrected chi connectivity index (χ4v) is 2.41. The highest BCUT2D eigenvalue weighted by Gasteiger charge is 2.13. The highest BCUT2D eigenvalue weighted by molar-refractivity contribution is 7.80. The molecule has 1 aliphatic rings. The van der Waals surface area contributed by atoms with Gasteiger partial charge >= 0.3 is 0 Å². The predicted octanol–water partition coefficient (Wildman–Crippen LogP) is 3.33. The Morgan fingerprint density at radius 2 is 2.25 bits per heavy atom. The third-order valence-electron chi connectivity index (χ3n) is 1.83. The van der Waals surface area contributed by atoms with Crippen LogP contribution in [0.4, 0.5) is 0 Å². The molecule has 0 nitrogen and oxygen atoms in total. The molecule has 0 aliphatic heterocycles. The summed E-state index contributed by atoms with van der Waals surface area (Å²) in [6.45, 7) is 0. The minimum atomic E-state index is 0.338. The van der Waals surface area contributed by atoms with Crippen LogP contribution in [0, 0.1) is 0 Å². The van der Waals surface area contributed by atoms with E-state index in [1.54, 1.807) is 11.3 Å². The fourth-order valence-electron chi connectivity index (χ4n) is 1.23. The first-order chi connectivity index (χ1) is 5.88. The molecule has 2 heteroatoms. The molecule has 12 heavy (non-hydrogen) atoms. The Balaban J connectivity index is 2.31. The van der Waals surface area contributed by atoms with E-state index in [1.807, 2.05) is 12.2 Å². The van der Waals surface area contributed by atoms with Crippen molar-refractivity contribution >= 4 is 28.4 Å². The normalized spacial score (nSPS) is 21.7. The van der Waals surface area contributed by atoms with E-state index in [1.165, 1.54) is 4.88 Å². The van der Waals surface area contributed by atoms with Crippen molar-refractivity contribution in [1.82, 2.24) is 0 Å². The summed E-state index contributed by atoms with van der Waals surface area (Å²) < 4.78 is 0. The van der Waals surface area contributed by atoms with Crippen LogP contribution in [-0.4, -0.2) is 4.86 Å². The van der Waals surface area contributed by atoms with Crippen molar-refractivity contribution < 1.29 is 0 Å². The van der Waals surface area contributed by atoms with E-state index in [0.29, 0.717) is 5.92 Å². The van der Waals surface area contributed by atoms with Gasteiger partial charge in [-0.3, -0.25) is 0 Å². The average Bonchev–Trinajstić information content (AvgIpc) is 2.57. The van der Waals surface area contributed by atoms with Crippen molar-refractivity contribution in [2.24, 2.45) is 0 Å². The van der Waals surface area contributed by atoms with E-state index in [2.05, 4.69) is 29.7 Å². The lowest BCUT2D eigenvalue weighted by molar-refractivity contribution is 1.21. The fraction of sp³-hybridized carbons (Fsp3) is 0.100. The van der Waals surface area contributed by atoms with Crippen LogP contribution in [0.3, 0.4) is 0 Å². The second kappa shape index (κ2) is 3.33. The van der Waals surface area contributed by atoms with Crippen LogP contribution in [0.25, 0.3) is 0 Å². The summed E-state index contributed by atoms with van der Waals surface area (Å²) in [4.78, 5) is 2.35. The number of thiocarbonyl (C=S) groups is 1. The zero-order valence-corrected chi connectivity index (χ0v) is 8.07. The minimum absolute atomic E-state index is 0.338. The molecule has 1 atom stereocenters. The van der Waals surface area contributed by atoms with E-state index in [-0.39, 0.29) is 0 Å². The summed E-state index contributed by atoms with van der Waals surface area (Å²) >= 11 is 7.00. The summed E-state index contributed by atoms with van der Waals surface area (Å²) in [5.74, 6) is 0.338. The summed E-state index contributed by atoms with van der Waals surface area (Å²) in [5.41, 5.74) is 0. The molecule has 0 radical (unpaired) electrons. The smallest absolute Gasteiger partial charge is 0.0469 e. The Hall–Kier alpha value is -0.730. The van der Waals surface area contributed by atoms with Crippen molar-refractivity contribution in [3.05, 3.63) is 46.7 Å². The molecule has 1 aromatic heterocycles. The molecule has 0 spiro atoms. The van der Waals surface area contributed by atoms with Gasteiger partial charge < -0.3 is 0 Å². The quantitative estimate of drug-likeness (QED) is 0.615. The molecular weight excluding hydrogens is 184 g/mol. The molecule has 0 amide bonds. The zero-order chi connectivity index (χ0) is 8.39. The SMILES string of the molecule is S=C1C=CC=CC1c1cccs1. The molecule has 1 unspecified atom stereocenters. The molecule has 60 valence electrons. The van der Waals surface area contributed by atoms with Gasteiger partial charge in [0.05, 0.1) is 0 Å². The maximum Gasteiger partial charge on any atom is 0.0469 e. The van der Waals surface area contributed by atoms with Crippen LogP contribution in [-0.2, 0) is 0 Å². The summed E-state index contributed by atoms with van der Waals surface area (Å²) in [5, 5.41) is 2.09. The molecule has 0 bridgehead atoms. The average molecular weight is 192 g/mol. The first-order valence-electron chi connectivity index (χ1n) is 3.80. The lowest BCUT2D eigenvalue weighted by atomic mass is 9.99. The number of allylic oxidation sites excluding steroid dienone is 4. The molecule has 1 heterocycles. The van der Waals surface area contributed by atoms with E-state index in [9.17, 15) is 0 Å². The molecule has 0 fully saturated rings. The first-order valence-corrected chi connectivity index (χ1v) is 5.09. The largest absolute Gasteiger partial charge is 0.148 e. The molecule has 1 aliphatic carbocycles. The van der Waals surface area contributed by atoms with Crippen LogP contribution >= 0.6 is 23.6 Å². The summed E-state index contributed by atoms with van der Waals surface area (Å²) in [6, 6.07) is 4.19. The second-order valence-corrected chi connectivity index (χ2v) is 4.09. The third-order valence-corrected chi connectivity index (χ3v) is 3.18. The van der Waals surface area contributed by atoms with E-state index < -0.39 is 0 Å². The second-order valence-electron chi connectivity index (χ2n) is 2.64. The lowest BCUT2D eigenvalue weighted by Crippen LogP contribution is -2.05. The van der Waals surface area contributed by atoms with E-state index in [0.717, 1.165) is 4.86 Å². The Morgan fingerprint density at radius 1 is 1.33 bits per heavy atom. The molecule has 0 N–H and O–H groups in total. The zero-order valence-electron chi connectivity index (χ0n) is 6.44. The van der Waals surface area contributed by atoms with Crippen molar-refractivity contribution in [2.75, 3.05) is 0 Å². The Morgan fingerprint density at radius 3 is 2.92 bits per heavy atom. The van der Waals surface area contributed by atoms with Gasteiger partial charge in [0.15, 0.2) is 0 Å². The molecule has 2 rings (SSSR count). The Bertz CT molecular complexity index is 331. The standard InChI is InChI=1S/C10H8S2/c11-9-5-2-1-4-8(9)10-6-3-7-12-10/h1-8H. The van der Waals surface area contributed by atoms with Crippen LogP contribution < -0.4 is 0 Å². The van der Waals surface area contributed by atoms with E-state index >= 15 is 0 Å². The molecule has 1 aromatic rings. The molecule has 0 aromatic carbocycles. The highest BCUT2D eigenvalue weighted by Crippen LogP contribution is 2.26. The predicted molar refractivity (Wildman–Crippen MR) is 57.9 cm³/mol. The summed E-state index contributed by atoms with van der Waals surface area (Å²) in [6.07, 6.45) is 8.19. The van der Waals surface area contributed by atoms with Gasteiger partial charge in [0.25, 0.3) is 0 Å². The van der Waals surface area contributed by atoms with Crippen molar-refractivity contribution in [2.45, 2.75) is 5.92 Å². The maximum atomic E-state index is 5.24. The van der Waals surface area contributed by atoms with Gasteiger partial charge in [-0.1, -0.05) is 36.5 Å². The van der Waals surface area contributed by atoms with Gasteiger partial charge in [-0.15, -0.1) is 11.3 Å². The van der Waals surface area contributed by atoms with Crippen molar-refractivity contribution in [3.8, 4) is 0 Å². The van der Waals surface area contributed by atoms with Crippen molar-refractivity contribution in [1.29, 1.82) is 0 Å². The van der Waals surface area contributed by atoms with Gasteiger partial charge in [0.1, 0.15) is 0 Å². The number of thiophene rings is 1. The molecule has 0 saturated heterocycles. The van der Waals surface area contributed by atoms with Gasteiger partial charge in [0.2, 0.25) is 0 Å². The monoisotopic (exact) mass is 192 g/mol. The van der Waals surface area contributed by atoms with Gasteiger partial charge in [-0.25, -0.2) is 0 Å².